The van der Waals surface area contributed by atoms with E-state index < -0.39 is 9.23 Å². The molecule has 2 nitrogen and oxygen atoms in total. The molecule has 4 aromatic carbocycles. The Morgan fingerprint density at radius 2 is 1.62 bits per heavy atom. The summed E-state index contributed by atoms with van der Waals surface area (Å²) in [5.41, 5.74) is 1.82. The Kier molecular flexibility index (Phi) is 4.74. The lowest BCUT2D eigenvalue weighted by atomic mass is 9.93. The van der Waals surface area contributed by atoms with Gasteiger partial charge in [0.25, 0.3) is 0 Å². The zero-order valence-electron chi connectivity index (χ0n) is 13.8. The van der Waals surface area contributed by atoms with Crippen molar-refractivity contribution in [1.82, 2.24) is 0 Å². The minimum absolute atomic E-state index is 0.677. The summed E-state index contributed by atoms with van der Waals surface area (Å²) < 4.78 is 18.1. The molecule has 130 valence electrons. The van der Waals surface area contributed by atoms with Gasteiger partial charge in [0.1, 0.15) is 15.0 Å². The second kappa shape index (κ2) is 7.03. The molecule has 0 amide bonds. The summed E-state index contributed by atoms with van der Waals surface area (Å²) in [6.45, 7) is 0. The molecule has 4 aromatic rings. The Balaban J connectivity index is 2.23. The lowest BCUT2D eigenvalue weighted by Gasteiger charge is -2.17. The molecule has 1 atom stereocenters. The van der Waals surface area contributed by atoms with Gasteiger partial charge in [-0.3, -0.25) is 0 Å². The van der Waals surface area contributed by atoms with Crippen LogP contribution in [0.3, 0.4) is 0 Å². The van der Waals surface area contributed by atoms with Crippen LogP contribution in [0.5, 0.6) is 5.75 Å². The van der Waals surface area contributed by atoms with Crippen LogP contribution in [0.25, 0.3) is 32.7 Å². The summed E-state index contributed by atoms with van der Waals surface area (Å²) in [6.07, 6.45) is 0. The third-order valence-corrected chi connectivity index (χ3v) is 6.44. The first-order valence-corrected chi connectivity index (χ1v) is 11.3. The van der Waals surface area contributed by atoms with Gasteiger partial charge in [-0.05, 0) is 45.8 Å². The van der Waals surface area contributed by atoms with E-state index in [9.17, 15) is 4.21 Å². The van der Waals surface area contributed by atoms with Crippen LogP contribution in [0, 0.1) is 0 Å². The van der Waals surface area contributed by atoms with Crippen LogP contribution in [-0.2, 0) is 9.23 Å². The molecule has 0 spiro atoms. The van der Waals surface area contributed by atoms with Crippen molar-refractivity contribution in [2.45, 2.75) is 4.90 Å². The van der Waals surface area contributed by atoms with Crippen molar-refractivity contribution >= 4 is 57.2 Å². The highest BCUT2D eigenvalue weighted by molar-refractivity contribution is 9.46. The number of hydrogen-bond acceptors (Lipinski definition) is 2. The molecular formula is C21H14BrClO2S. The minimum Gasteiger partial charge on any atom is -0.496 e. The van der Waals surface area contributed by atoms with Gasteiger partial charge in [-0.2, -0.15) is 0 Å². The second-order valence-corrected chi connectivity index (χ2v) is 8.98. The summed E-state index contributed by atoms with van der Waals surface area (Å²) >= 11 is 9.43. The number of hydrogen-bond donors (Lipinski definition) is 0. The molecule has 0 saturated carbocycles. The molecule has 0 N–H and O–H groups in total. The van der Waals surface area contributed by atoms with E-state index in [0.717, 1.165) is 38.4 Å². The molecular weight excluding hydrogens is 432 g/mol. The highest BCUT2D eigenvalue weighted by Crippen LogP contribution is 2.44. The summed E-state index contributed by atoms with van der Waals surface area (Å²) in [7, 11) is 0.326. The fraction of sp³-hybridized carbons (Fsp3) is 0.0476. The smallest absolute Gasteiger partial charge is 0.127 e. The van der Waals surface area contributed by atoms with E-state index in [1.165, 1.54) is 0 Å². The van der Waals surface area contributed by atoms with Gasteiger partial charge in [-0.25, -0.2) is 4.21 Å². The monoisotopic (exact) mass is 444 g/mol. The van der Waals surface area contributed by atoms with Crippen LogP contribution < -0.4 is 4.74 Å². The van der Waals surface area contributed by atoms with Crippen LogP contribution in [0.15, 0.2) is 71.6 Å². The fourth-order valence-electron chi connectivity index (χ4n) is 3.35. The van der Waals surface area contributed by atoms with Gasteiger partial charge in [-0.15, -0.1) is 0 Å². The molecule has 0 radical (unpaired) electrons. The fourth-order valence-corrected chi connectivity index (χ4v) is 4.89. The number of methoxy groups -OCH3 is 1. The van der Waals surface area contributed by atoms with Gasteiger partial charge in [0, 0.05) is 31.0 Å². The van der Waals surface area contributed by atoms with Crippen LogP contribution >= 0.6 is 26.4 Å². The molecule has 0 aromatic heterocycles. The van der Waals surface area contributed by atoms with Crippen molar-refractivity contribution in [3.05, 3.63) is 71.8 Å². The number of ether oxygens (including phenoxy) is 1. The lowest BCUT2D eigenvalue weighted by Crippen LogP contribution is -1.95. The molecule has 0 aliphatic rings. The van der Waals surface area contributed by atoms with Crippen molar-refractivity contribution < 1.29 is 8.95 Å². The molecule has 0 aliphatic carbocycles. The van der Waals surface area contributed by atoms with Crippen LogP contribution in [0.2, 0.25) is 5.02 Å². The van der Waals surface area contributed by atoms with Crippen LogP contribution in [-0.4, -0.2) is 11.3 Å². The maximum Gasteiger partial charge on any atom is 0.127 e. The number of fused-ring (bicyclic) bond motifs is 2. The van der Waals surface area contributed by atoms with Crippen molar-refractivity contribution in [2.24, 2.45) is 0 Å². The average Bonchev–Trinajstić information content (AvgIpc) is 2.66. The van der Waals surface area contributed by atoms with Gasteiger partial charge in [-0.1, -0.05) is 54.1 Å². The molecule has 0 fully saturated rings. The molecule has 0 saturated heterocycles. The van der Waals surface area contributed by atoms with Crippen molar-refractivity contribution in [2.75, 3.05) is 7.11 Å². The standard InChI is InChI=1S/C21H14BrClO2S/c1-25-18-10-6-14-12-15(23)8-9-17(14)20(18)21-16-5-3-2-4-13(16)7-11-19(21)26(22)24/h2-12H,1H3. The molecule has 1 unspecified atom stereocenters. The van der Waals surface area contributed by atoms with E-state index in [1.54, 1.807) is 7.11 Å². The Morgan fingerprint density at radius 3 is 2.38 bits per heavy atom. The van der Waals surface area contributed by atoms with Crippen molar-refractivity contribution in [3.63, 3.8) is 0 Å². The zero-order chi connectivity index (χ0) is 18.3. The molecule has 4 rings (SSSR count). The van der Waals surface area contributed by atoms with Crippen molar-refractivity contribution in [3.8, 4) is 16.9 Å². The summed E-state index contributed by atoms with van der Waals surface area (Å²) in [6, 6.07) is 21.7. The van der Waals surface area contributed by atoms with E-state index in [4.69, 9.17) is 16.3 Å². The van der Waals surface area contributed by atoms with Gasteiger partial charge in [0.15, 0.2) is 0 Å². The predicted molar refractivity (Wildman–Crippen MR) is 114 cm³/mol. The summed E-state index contributed by atoms with van der Waals surface area (Å²) in [5, 5.41) is 4.79. The average molecular weight is 446 g/mol. The predicted octanol–water partition coefficient (Wildman–Crippen LogP) is 6.74. The Hall–Kier alpha value is -1.88. The first-order valence-electron chi connectivity index (χ1n) is 7.96. The van der Waals surface area contributed by atoms with E-state index in [0.29, 0.717) is 9.92 Å². The van der Waals surface area contributed by atoms with Gasteiger partial charge >= 0.3 is 0 Å². The highest BCUT2D eigenvalue weighted by Gasteiger charge is 2.19. The zero-order valence-corrected chi connectivity index (χ0v) is 17.0. The van der Waals surface area contributed by atoms with E-state index in [-0.39, 0.29) is 0 Å². The SMILES string of the molecule is COc1ccc2cc(Cl)ccc2c1-c1c(S(=O)Br)ccc2ccccc12. The Labute approximate surface area is 166 Å². The topological polar surface area (TPSA) is 26.3 Å². The van der Waals surface area contributed by atoms with Gasteiger partial charge in [0.2, 0.25) is 0 Å². The molecule has 5 heteroatoms. The quantitative estimate of drug-likeness (QED) is 0.326. The summed E-state index contributed by atoms with van der Waals surface area (Å²) in [5.74, 6) is 0.732. The largest absolute Gasteiger partial charge is 0.496 e. The van der Waals surface area contributed by atoms with E-state index >= 15 is 0 Å². The highest BCUT2D eigenvalue weighted by atomic mass is 79.9. The third kappa shape index (κ3) is 2.92. The lowest BCUT2D eigenvalue weighted by molar-refractivity contribution is 0.417. The normalized spacial score (nSPS) is 12.4. The summed E-state index contributed by atoms with van der Waals surface area (Å²) in [4.78, 5) is 0.712. The molecule has 0 aliphatic heterocycles. The Morgan fingerprint density at radius 1 is 0.885 bits per heavy atom. The maximum atomic E-state index is 12.4. The molecule has 0 heterocycles. The molecule has 26 heavy (non-hydrogen) atoms. The van der Waals surface area contributed by atoms with Gasteiger partial charge < -0.3 is 4.74 Å². The minimum atomic E-state index is -1.32. The number of halogens is 2. The maximum absolute atomic E-state index is 12.4. The number of rotatable bonds is 3. The van der Waals surface area contributed by atoms with Crippen LogP contribution in [0.1, 0.15) is 0 Å². The Bertz CT molecular complexity index is 1170. The van der Waals surface area contributed by atoms with Crippen LogP contribution in [0.4, 0.5) is 0 Å². The first-order chi connectivity index (χ1) is 12.6. The number of benzene rings is 4. The first kappa shape index (κ1) is 17.5. The van der Waals surface area contributed by atoms with E-state index in [1.807, 2.05) is 66.7 Å². The third-order valence-electron chi connectivity index (χ3n) is 4.48. The second-order valence-electron chi connectivity index (χ2n) is 5.89. The van der Waals surface area contributed by atoms with Crippen molar-refractivity contribution in [1.29, 1.82) is 0 Å². The molecule has 0 bridgehead atoms. The van der Waals surface area contributed by atoms with E-state index in [2.05, 4.69) is 14.8 Å². The van der Waals surface area contributed by atoms with Gasteiger partial charge in [0.05, 0.1) is 12.0 Å².